The Kier molecular flexibility index (Phi) is 4.24. The zero-order valence-corrected chi connectivity index (χ0v) is 10.7. The summed E-state index contributed by atoms with van der Waals surface area (Å²) in [6.07, 6.45) is 8.76. The van der Waals surface area contributed by atoms with Gasteiger partial charge in [0.2, 0.25) is 0 Å². The molecule has 1 unspecified atom stereocenters. The lowest BCUT2D eigenvalue weighted by molar-refractivity contribution is -0.0734. The van der Waals surface area contributed by atoms with Gasteiger partial charge in [-0.25, -0.2) is 0 Å². The minimum Gasteiger partial charge on any atom is -0.468 e. The van der Waals surface area contributed by atoms with Crippen LogP contribution in [-0.4, -0.2) is 12.2 Å². The lowest BCUT2D eigenvalue weighted by atomic mass is 9.85. The van der Waals surface area contributed by atoms with Crippen LogP contribution >= 0.6 is 0 Å². The molecule has 17 heavy (non-hydrogen) atoms. The van der Waals surface area contributed by atoms with Crippen molar-refractivity contribution in [3.8, 4) is 0 Å². The Morgan fingerprint density at radius 3 is 2.59 bits per heavy atom. The van der Waals surface area contributed by atoms with Crippen molar-refractivity contribution in [2.75, 3.05) is 6.61 Å². The zero-order chi connectivity index (χ0) is 12.1. The van der Waals surface area contributed by atoms with Gasteiger partial charge in [0.25, 0.3) is 0 Å². The van der Waals surface area contributed by atoms with Crippen molar-refractivity contribution in [3.05, 3.63) is 24.2 Å². The molecule has 1 heterocycles. The summed E-state index contributed by atoms with van der Waals surface area (Å²) >= 11 is 0. The van der Waals surface area contributed by atoms with Crippen LogP contribution in [0.15, 0.2) is 22.8 Å². The molecule has 2 N–H and O–H groups in total. The summed E-state index contributed by atoms with van der Waals surface area (Å²) in [6, 6.07) is 3.71. The monoisotopic (exact) mass is 237 g/mol. The molecule has 3 nitrogen and oxygen atoms in total. The van der Waals surface area contributed by atoms with Gasteiger partial charge in [-0.05, 0) is 31.9 Å². The van der Waals surface area contributed by atoms with E-state index in [1.54, 1.807) is 6.26 Å². The van der Waals surface area contributed by atoms with Gasteiger partial charge in [0.1, 0.15) is 5.76 Å². The summed E-state index contributed by atoms with van der Waals surface area (Å²) in [7, 11) is 0. The van der Waals surface area contributed by atoms with Crippen LogP contribution in [0.4, 0.5) is 0 Å². The average Bonchev–Trinajstić information content (AvgIpc) is 2.76. The van der Waals surface area contributed by atoms with Gasteiger partial charge in [0.05, 0.1) is 17.9 Å². The van der Waals surface area contributed by atoms with Gasteiger partial charge in [0.15, 0.2) is 0 Å². The highest BCUT2D eigenvalue weighted by Crippen LogP contribution is 2.39. The third-order valence-electron chi connectivity index (χ3n) is 3.80. The van der Waals surface area contributed by atoms with Gasteiger partial charge in [-0.1, -0.05) is 25.7 Å². The quantitative estimate of drug-likeness (QED) is 0.816. The maximum Gasteiger partial charge on any atom is 0.123 e. The standard InChI is InChI=1S/C14H23NO2/c1-2-17-14(9-5-3-4-6-10-14)13(15)12-8-7-11-16-12/h7-8,11,13H,2-6,9-10,15H2,1H3. The van der Waals surface area contributed by atoms with E-state index in [2.05, 4.69) is 0 Å². The van der Waals surface area contributed by atoms with E-state index in [0.29, 0.717) is 6.61 Å². The lowest BCUT2D eigenvalue weighted by Gasteiger charge is -2.37. The second-order valence-corrected chi connectivity index (χ2v) is 4.91. The predicted octanol–water partition coefficient (Wildman–Crippen LogP) is 3.41. The Labute approximate surface area is 103 Å². The van der Waals surface area contributed by atoms with E-state index in [1.807, 2.05) is 19.1 Å². The Morgan fingerprint density at radius 1 is 1.35 bits per heavy atom. The molecule has 1 aliphatic carbocycles. The van der Waals surface area contributed by atoms with E-state index in [9.17, 15) is 0 Å². The average molecular weight is 237 g/mol. The van der Waals surface area contributed by atoms with E-state index >= 15 is 0 Å². The number of nitrogens with two attached hydrogens (primary N) is 1. The van der Waals surface area contributed by atoms with E-state index in [-0.39, 0.29) is 11.6 Å². The first kappa shape index (κ1) is 12.7. The first-order valence-electron chi connectivity index (χ1n) is 6.71. The zero-order valence-electron chi connectivity index (χ0n) is 10.7. The third-order valence-corrected chi connectivity index (χ3v) is 3.80. The molecule has 3 heteroatoms. The van der Waals surface area contributed by atoms with E-state index in [0.717, 1.165) is 18.6 Å². The Morgan fingerprint density at radius 2 is 2.06 bits per heavy atom. The van der Waals surface area contributed by atoms with Crippen LogP contribution in [0, 0.1) is 0 Å². The number of hydrogen-bond donors (Lipinski definition) is 1. The van der Waals surface area contributed by atoms with E-state index in [1.165, 1.54) is 25.7 Å². The fraction of sp³-hybridized carbons (Fsp3) is 0.714. The number of hydrogen-bond acceptors (Lipinski definition) is 3. The third kappa shape index (κ3) is 2.72. The fourth-order valence-corrected chi connectivity index (χ4v) is 2.89. The molecule has 1 saturated carbocycles. The minimum absolute atomic E-state index is 0.143. The summed E-state index contributed by atoms with van der Waals surface area (Å²) in [5.74, 6) is 0.848. The normalized spacial score (nSPS) is 22.0. The SMILES string of the molecule is CCOC1(C(N)c2ccco2)CCCCCC1. The van der Waals surface area contributed by atoms with Crippen molar-refractivity contribution in [1.29, 1.82) is 0 Å². The Bertz CT molecular complexity index is 313. The summed E-state index contributed by atoms with van der Waals surface area (Å²) in [4.78, 5) is 0. The van der Waals surface area contributed by atoms with Crippen molar-refractivity contribution in [3.63, 3.8) is 0 Å². The maximum atomic E-state index is 6.39. The van der Waals surface area contributed by atoms with Gasteiger partial charge in [-0.3, -0.25) is 0 Å². The first-order chi connectivity index (χ1) is 8.28. The molecule has 0 radical (unpaired) electrons. The molecule has 0 aromatic carbocycles. The molecule has 1 atom stereocenters. The second-order valence-electron chi connectivity index (χ2n) is 4.91. The van der Waals surface area contributed by atoms with E-state index in [4.69, 9.17) is 14.9 Å². The molecular formula is C14H23NO2. The molecule has 0 amide bonds. The van der Waals surface area contributed by atoms with Crippen LogP contribution in [0.25, 0.3) is 0 Å². The maximum absolute atomic E-state index is 6.39. The van der Waals surface area contributed by atoms with Crippen LogP contribution in [0.2, 0.25) is 0 Å². The van der Waals surface area contributed by atoms with Crippen LogP contribution in [0.5, 0.6) is 0 Å². The lowest BCUT2D eigenvalue weighted by Crippen LogP contribution is -2.43. The molecule has 2 rings (SSSR count). The molecule has 0 saturated heterocycles. The summed E-state index contributed by atoms with van der Waals surface area (Å²) in [6.45, 7) is 2.76. The molecule has 1 fully saturated rings. The van der Waals surface area contributed by atoms with Crippen LogP contribution in [0.3, 0.4) is 0 Å². The molecule has 1 aromatic rings. The van der Waals surface area contributed by atoms with Gasteiger partial charge >= 0.3 is 0 Å². The Balaban J connectivity index is 2.19. The minimum atomic E-state index is -0.219. The van der Waals surface area contributed by atoms with Crippen LogP contribution in [0.1, 0.15) is 57.3 Å². The highest BCUT2D eigenvalue weighted by molar-refractivity contribution is 5.10. The van der Waals surface area contributed by atoms with Crippen molar-refractivity contribution in [1.82, 2.24) is 0 Å². The number of furan rings is 1. The highest BCUT2D eigenvalue weighted by atomic mass is 16.5. The first-order valence-corrected chi connectivity index (χ1v) is 6.71. The molecule has 0 spiro atoms. The van der Waals surface area contributed by atoms with Crippen LogP contribution < -0.4 is 5.73 Å². The molecule has 96 valence electrons. The van der Waals surface area contributed by atoms with Crippen molar-refractivity contribution in [2.24, 2.45) is 5.73 Å². The number of ether oxygens (including phenoxy) is 1. The molecule has 1 aliphatic rings. The molecular weight excluding hydrogens is 214 g/mol. The smallest absolute Gasteiger partial charge is 0.123 e. The van der Waals surface area contributed by atoms with Gasteiger partial charge in [0, 0.05) is 6.61 Å². The Hall–Kier alpha value is -0.800. The van der Waals surface area contributed by atoms with Crippen molar-refractivity contribution < 1.29 is 9.15 Å². The van der Waals surface area contributed by atoms with E-state index < -0.39 is 0 Å². The topological polar surface area (TPSA) is 48.4 Å². The fourth-order valence-electron chi connectivity index (χ4n) is 2.89. The molecule has 0 bridgehead atoms. The van der Waals surface area contributed by atoms with Crippen molar-refractivity contribution >= 4 is 0 Å². The highest BCUT2D eigenvalue weighted by Gasteiger charge is 2.39. The van der Waals surface area contributed by atoms with Crippen LogP contribution in [-0.2, 0) is 4.74 Å². The van der Waals surface area contributed by atoms with Gasteiger partial charge in [-0.2, -0.15) is 0 Å². The van der Waals surface area contributed by atoms with Crippen molar-refractivity contribution in [2.45, 2.75) is 57.1 Å². The van der Waals surface area contributed by atoms with Gasteiger partial charge < -0.3 is 14.9 Å². The summed E-state index contributed by atoms with van der Waals surface area (Å²) < 4.78 is 11.5. The molecule has 1 aromatic heterocycles. The largest absolute Gasteiger partial charge is 0.468 e. The summed E-state index contributed by atoms with van der Waals surface area (Å²) in [5, 5.41) is 0. The molecule has 0 aliphatic heterocycles. The number of rotatable bonds is 4. The predicted molar refractivity (Wildman–Crippen MR) is 67.7 cm³/mol. The second kappa shape index (κ2) is 5.69. The van der Waals surface area contributed by atoms with Gasteiger partial charge in [-0.15, -0.1) is 0 Å². The summed E-state index contributed by atoms with van der Waals surface area (Å²) in [5.41, 5.74) is 6.17.